The van der Waals surface area contributed by atoms with Crippen molar-refractivity contribution in [3.8, 4) is 0 Å². The number of Topliss-reactive ketones (excluding diaryl/α,β-unsaturated/α-hetero) is 2. The number of ketones is 2. The Labute approximate surface area is 264 Å². The number of hydrogen-bond donors (Lipinski definition) is 1. The second-order valence-corrected chi connectivity index (χ2v) is 12.2. The van der Waals surface area contributed by atoms with Crippen molar-refractivity contribution in [2.24, 2.45) is 11.3 Å². The van der Waals surface area contributed by atoms with Crippen LogP contribution in [0.4, 0.5) is 4.79 Å². The third-order valence-corrected chi connectivity index (χ3v) is 8.44. The van der Waals surface area contributed by atoms with Crippen LogP contribution in [-0.2, 0) is 38.2 Å². The van der Waals surface area contributed by atoms with Gasteiger partial charge in [-0.1, -0.05) is 42.4 Å². The summed E-state index contributed by atoms with van der Waals surface area (Å²) in [7, 11) is 1.99. The molecule has 0 radical (unpaired) electrons. The van der Waals surface area contributed by atoms with E-state index in [0.29, 0.717) is 25.1 Å². The van der Waals surface area contributed by atoms with Gasteiger partial charge in [0, 0.05) is 52.9 Å². The molecule has 2 amide bonds. The van der Waals surface area contributed by atoms with Crippen LogP contribution in [-0.4, -0.2) is 103 Å². The van der Waals surface area contributed by atoms with Gasteiger partial charge in [-0.05, 0) is 40.0 Å². The van der Waals surface area contributed by atoms with Gasteiger partial charge in [0.2, 0.25) is 5.78 Å². The number of nitrogens with one attached hydrogen (secondary N) is 1. The number of rotatable bonds is 4. The molecule has 0 aromatic heterocycles. The molecule has 45 heavy (non-hydrogen) atoms. The molecule has 0 spiro atoms. The molecule has 3 aliphatic heterocycles. The van der Waals surface area contributed by atoms with E-state index in [1.54, 1.807) is 43.1 Å². The number of carbonyl (C=O) groups is 6. The summed E-state index contributed by atoms with van der Waals surface area (Å²) in [4.78, 5) is 80.6. The Hall–Kier alpha value is -4.06. The van der Waals surface area contributed by atoms with Crippen molar-refractivity contribution in [3.05, 3.63) is 47.6 Å². The Morgan fingerprint density at radius 3 is 2.20 bits per heavy atom. The number of piperazine rings is 1. The molecule has 4 aliphatic rings. The first-order chi connectivity index (χ1) is 21.1. The van der Waals surface area contributed by atoms with Crippen LogP contribution in [0.1, 0.15) is 54.4 Å². The van der Waals surface area contributed by atoms with Crippen molar-refractivity contribution in [3.63, 3.8) is 0 Å². The van der Waals surface area contributed by atoms with Gasteiger partial charge in [0.1, 0.15) is 23.7 Å². The molecule has 12 nitrogen and oxygen atoms in total. The largest absolute Gasteiger partial charge is 0.461 e. The lowest BCUT2D eigenvalue weighted by Gasteiger charge is -2.42. The van der Waals surface area contributed by atoms with Crippen LogP contribution in [0, 0.1) is 11.3 Å². The summed E-state index contributed by atoms with van der Waals surface area (Å²) in [5.41, 5.74) is -0.509. The summed E-state index contributed by atoms with van der Waals surface area (Å²) in [6.45, 7) is 11.5. The van der Waals surface area contributed by atoms with Crippen molar-refractivity contribution in [2.75, 3.05) is 33.2 Å². The fraction of sp³-hybridized carbons (Fsp3) is 0.576. The molecule has 0 unspecified atom stereocenters. The van der Waals surface area contributed by atoms with Gasteiger partial charge in [0.15, 0.2) is 5.78 Å². The first-order valence-electron chi connectivity index (χ1n) is 15.2. The quantitative estimate of drug-likeness (QED) is 0.213. The highest BCUT2D eigenvalue weighted by Gasteiger charge is 2.56. The smallest absolute Gasteiger partial charge is 0.410 e. The minimum Gasteiger partial charge on any atom is -0.461 e. The van der Waals surface area contributed by atoms with Gasteiger partial charge in [0.05, 0.1) is 12.0 Å². The van der Waals surface area contributed by atoms with Crippen LogP contribution in [0.15, 0.2) is 47.6 Å². The number of amides is 2. The summed E-state index contributed by atoms with van der Waals surface area (Å²) in [5.74, 6) is -4.48. The van der Waals surface area contributed by atoms with E-state index in [1.807, 2.05) is 20.0 Å². The monoisotopic (exact) mass is 627 g/mol. The summed E-state index contributed by atoms with van der Waals surface area (Å²) in [5, 5.41) is 2.53. The van der Waals surface area contributed by atoms with E-state index in [1.165, 1.54) is 19.9 Å². The zero-order valence-electron chi connectivity index (χ0n) is 27.2. The minimum atomic E-state index is -1.86. The summed E-state index contributed by atoms with van der Waals surface area (Å²) in [6.07, 6.45) is 7.73. The van der Waals surface area contributed by atoms with Crippen LogP contribution >= 0.6 is 0 Å². The molecule has 4 rings (SSSR count). The molecular formula is C33H45N3O9. The van der Waals surface area contributed by atoms with E-state index >= 15 is 0 Å². The SMILES string of the molecule is CC(=O)O[C@@H]1/C=C\C(C)=C/C[C@H](OC(=O)N2CCN(C)CC2)/C=C\C(C)=C/[C@@H](NC(=O)C(C)=O)[C@]2(C)C(=O)O[C@H](C1)[C@@H](C)C2=O. The van der Waals surface area contributed by atoms with Gasteiger partial charge in [-0.15, -0.1) is 0 Å². The molecule has 0 saturated carbocycles. The van der Waals surface area contributed by atoms with Crippen LogP contribution in [0.2, 0.25) is 0 Å². The zero-order valence-corrected chi connectivity index (χ0v) is 27.2. The van der Waals surface area contributed by atoms with Gasteiger partial charge in [-0.25, -0.2) is 4.79 Å². The van der Waals surface area contributed by atoms with Crippen LogP contribution in [0.25, 0.3) is 0 Å². The molecule has 246 valence electrons. The fourth-order valence-corrected chi connectivity index (χ4v) is 5.41. The Kier molecular flexibility index (Phi) is 12.0. The van der Waals surface area contributed by atoms with Gasteiger partial charge in [-0.3, -0.25) is 24.0 Å². The van der Waals surface area contributed by atoms with Crippen LogP contribution < -0.4 is 5.32 Å². The topological polar surface area (TPSA) is 149 Å². The predicted octanol–water partition coefficient (Wildman–Crippen LogP) is 2.68. The highest BCUT2D eigenvalue weighted by molar-refractivity contribution is 6.35. The number of ether oxygens (including phenoxy) is 3. The number of nitrogens with zero attached hydrogens (tertiary/aromatic N) is 2. The standard InChI is InChI=1S/C33H45N3O9/c1-20-8-11-25(44-32(42)36-16-14-35(7)15-17-36)12-10-21(2)18-28(34-30(40)23(4)37)33(6)29(39)22(3)27(45-31(33)41)19-26(13-9-20)43-24(5)38/h8-10,12-13,18,22,25-28H,11,14-17,19H2,1-7H3,(H,34,40)/b12-10-,13-9-,20-8-,21-18-/t22-,25+,26-,27-,28-,33+/m1/s1. The molecular weight excluding hydrogens is 582 g/mol. The molecule has 0 aromatic carbocycles. The van der Waals surface area contributed by atoms with E-state index in [9.17, 15) is 28.8 Å². The normalized spacial score (nSPS) is 33.8. The Morgan fingerprint density at radius 2 is 1.58 bits per heavy atom. The predicted molar refractivity (Wildman–Crippen MR) is 165 cm³/mol. The van der Waals surface area contributed by atoms with Gasteiger partial charge >= 0.3 is 18.0 Å². The lowest BCUT2D eigenvalue weighted by atomic mass is 9.69. The zero-order chi connectivity index (χ0) is 33.5. The molecule has 2 fully saturated rings. The maximum atomic E-state index is 13.9. The Balaban J connectivity index is 2.06. The van der Waals surface area contributed by atoms with Crippen molar-refractivity contribution < 1.29 is 43.0 Å². The molecule has 2 saturated heterocycles. The Morgan fingerprint density at radius 1 is 0.956 bits per heavy atom. The maximum absolute atomic E-state index is 13.9. The number of allylic oxidation sites excluding steroid dienone is 4. The molecule has 1 aliphatic carbocycles. The van der Waals surface area contributed by atoms with Crippen LogP contribution in [0.5, 0.6) is 0 Å². The second kappa shape index (κ2) is 15.3. The summed E-state index contributed by atoms with van der Waals surface area (Å²) >= 11 is 0. The number of esters is 2. The van der Waals surface area contributed by atoms with E-state index in [-0.39, 0.29) is 6.42 Å². The molecule has 12 heteroatoms. The third-order valence-electron chi connectivity index (χ3n) is 8.44. The molecule has 0 aromatic rings. The van der Waals surface area contributed by atoms with E-state index < -0.39 is 71.2 Å². The van der Waals surface area contributed by atoms with Gasteiger partial charge in [-0.2, -0.15) is 0 Å². The molecule has 6 atom stereocenters. The van der Waals surface area contributed by atoms with E-state index in [4.69, 9.17) is 14.2 Å². The number of fused-ring (bicyclic) bond motifs is 10. The van der Waals surface area contributed by atoms with Crippen molar-refractivity contribution in [1.29, 1.82) is 0 Å². The van der Waals surface area contributed by atoms with E-state index in [0.717, 1.165) is 25.6 Å². The minimum absolute atomic E-state index is 0.0320. The first-order valence-corrected chi connectivity index (χ1v) is 15.2. The molecule has 2 bridgehead atoms. The highest BCUT2D eigenvalue weighted by Crippen LogP contribution is 2.38. The number of likely N-dealkylation sites (N-methyl/N-ethyl adjacent to an activating group) is 1. The summed E-state index contributed by atoms with van der Waals surface area (Å²) in [6, 6.07) is -1.23. The molecule has 3 heterocycles. The first kappa shape index (κ1) is 35.4. The maximum Gasteiger partial charge on any atom is 0.410 e. The molecule has 1 N–H and O–H groups in total. The van der Waals surface area contributed by atoms with Crippen molar-refractivity contribution >= 4 is 35.5 Å². The van der Waals surface area contributed by atoms with Crippen molar-refractivity contribution in [1.82, 2.24) is 15.1 Å². The van der Waals surface area contributed by atoms with Crippen LogP contribution in [0.3, 0.4) is 0 Å². The van der Waals surface area contributed by atoms with E-state index in [2.05, 4.69) is 10.2 Å². The lowest BCUT2D eigenvalue weighted by molar-refractivity contribution is -0.182. The van der Waals surface area contributed by atoms with Crippen molar-refractivity contribution in [2.45, 2.75) is 78.7 Å². The average molecular weight is 628 g/mol. The fourth-order valence-electron chi connectivity index (χ4n) is 5.41. The highest BCUT2D eigenvalue weighted by atomic mass is 16.6. The average Bonchev–Trinajstić information content (AvgIpc) is 2.97. The second-order valence-electron chi connectivity index (χ2n) is 12.2. The lowest BCUT2D eigenvalue weighted by Crippen LogP contribution is -2.61. The third kappa shape index (κ3) is 9.23. The van der Waals surface area contributed by atoms with Gasteiger partial charge in [0.25, 0.3) is 5.91 Å². The van der Waals surface area contributed by atoms with Gasteiger partial charge < -0.3 is 29.3 Å². The number of hydrogen-bond acceptors (Lipinski definition) is 10. The number of carbonyl (C=O) groups excluding carboxylic acids is 6. The summed E-state index contributed by atoms with van der Waals surface area (Å²) < 4.78 is 17.1. The Bertz CT molecular complexity index is 1310.